The van der Waals surface area contributed by atoms with E-state index in [4.69, 9.17) is 21.8 Å². The Morgan fingerprint density at radius 1 is 1.12 bits per heavy atom. The Labute approximate surface area is 106 Å². The third-order valence-corrected chi connectivity index (χ3v) is 3.29. The van der Waals surface area contributed by atoms with Gasteiger partial charge in [-0.15, -0.1) is 0 Å². The van der Waals surface area contributed by atoms with Gasteiger partial charge in [0.1, 0.15) is 11.5 Å². The highest BCUT2D eigenvalue weighted by molar-refractivity contribution is 6.30. The SMILES string of the molecule is Cc1cc(Cl)ccc1C(N)c1cc(C)c(C)o1. The molecule has 0 aliphatic heterocycles. The summed E-state index contributed by atoms with van der Waals surface area (Å²) in [6.07, 6.45) is 0. The molecule has 0 fully saturated rings. The summed E-state index contributed by atoms with van der Waals surface area (Å²) in [4.78, 5) is 0. The zero-order chi connectivity index (χ0) is 12.6. The van der Waals surface area contributed by atoms with Crippen LogP contribution < -0.4 is 5.73 Å². The molecule has 0 spiro atoms. The van der Waals surface area contributed by atoms with E-state index in [1.165, 1.54) is 0 Å². The van der Waals surface area contributed by atoms with Gasteiger partial charge in [0.05, 0.1) is 6.04 Å². The van der Waals surface area contributed by atoms with Crippen molar-refractivity contribution in [2.45, 2.75) is 26.8 Å². The van der Waals surface area contributed by atoms with Crippen LogP contribution in [0.3, 0.4) is 0 Å². The molecule has 0 amide bonds. The number of halogens is 1. The molecule has 0 saturated heterocycles. The minimum absolute atomic E-state index is 0.236. The van der Waals surface area contributed by atoms with E-state index in [2.05, 4.69) is 0 Å². The van der Waals surface area contributed by atoms with Gasteiger partial charge >= 0.3 is 0 Å². The van der Waals surface area contributed by atoms with E-state index < -0.39 is 0 Å². The van der Waals surface area contributed by atoms with Crippen LogP contribution in [0.5, 0.6) is 0 Å². The average molecular weight is 250 g/mol. The van der Waals surface area contributed by atoms with Crippen molar-refractivity contribution in [1.82, 2.24) is 0 Å². The molecule has 90 valence electrons. The molecule has 2 aromatic rings. The first-order valence-corrected chi connectivity index (χ1v) is 5.95. The van der Waals surface area contributed by atoms with E-state index in [0.29, 0.717) is 0 Å². The second-order valence-electron chi connectivity index (χ2n) is 4.37. The number of nitrogens with two attached hydrogens (primary N) is 1. The van der Waals surface area contributed by atoms with Crippen molar-refractivity contribution in [3.63, 3.8) is 0 Å². The number of rotatable bonds is 2. The van der Waals surface area contributed by atoms with Crippen LogP contribution in [0.4, 0.5) is 0 Å². The van der Waals surface area contributed by atoms with Gasteiger partial charge in [-0.05, 0) is 55.7 Å². The van der Waals surface area contributed by atoms with Crippen molar-refractivity contribution in [3.8, 4) is 0 Å². The molecule has 1 atom stereocenters. The summed E-state index contributed by atoms with van der Waals surface area (Å²) in [6, 6.07) is 7.48. The first-order valence-electron chi connectivity index (χ1n) is 5.57. The van der Waals surface area contributed by atoms with E-state index >= 15 is 0 Å². The van der Waals surface area contributed by atoms with Gasteiger partial charge in [0.15, 0.2) is 0 Å². The summed E-state index contributed by atoms with van der Waals surface area (Å²) >= 11 is 5.93. The van der Waals surface area contributed by atoms with Crippen LogP contribution in [0, 0.1) is 20.8 Å². The predicted molar refractivity (Wildman–Crippen MR) is 70.4 cm³/mol. The van der Waals surface area contributed by atoms with Crippen molar-refractivity contribution >= 4 is 11.6 Å². The first-order chi connectivity index (χ1) is 7.99. The highest BCUT2D eigenvalue weighted by Gasteiger charge is 2.16. The standard InChI is InChI=1S/C14H16ClNO/c1-8-7-13(17-10(8)3)14(16)12-5-4-11(15)6-9(12)2/h4-7,14H,16H2,1-3H3. The van der Waals surface area contributed by atoms with Gasteiger partial charge in [0.2, 0.25) is 0 Å². The average Bonchev–Trinajstić information content (AvgIpc) is 2.58. The van der Waals surface area contributed by atoms with Crippen LogP contribution in [-0.2, 0) is 0 Å². The van der Waals surface area contributed by atoms with Gasteiger partial charge in [-0.3, -0.25) is 0 Å². The largest absolute Gasteiger partial charge is 0.464 e. The molecule has 1 heterocycles. The van der Waals surface area contributed by atoms with Crippen molar-refractivity contribution < 1.29 is 4.42 Å². The Hall–Kier alpha value is -1.25. The summed E-state index contributed by atoms with van der Waals surface area (Å²) < 4.78 is 5.66. The molecule has 0 saturated carbocycles. The number of hydrogen-bond acceptors (Lipinski definition) is 2. The van der Waals surface area contributed by atoms with E-state index in [9.17, 15) is 0 Å². The van der Waals surface area contributed by atoms with Crippen molar-refractivity contribution in [2.75, 3.05) is 0 Å². The Morgan fingerprint density at radius 3 is 2.35 bits per heavy atom. The number of furan rings is 1. The van der Waals surface area contributed by atoms with Crippen LogP contribution in [0.25, 0.3) is 0 Å². The van der Waals surface area contributed by atoms with Gasteiger partial charge in [-0.2, -0.15) is 0 Å². The quantitative estimate of drug-likeness (QED) is 0.877. The topological polar surface area (TPSA) is 39.2 Å². The predicted octanol–water partition coefficient (Wildman–Crippen LogP) is 3.91. The van der Waals surface area contributed by atoms with E-state index in [-0.39, 0.29) is 6.04 Å². The van der Waals surface area contributed by atoms with Crippen molar-refractivity contribution in [2.24, 2.45) is 5.73 Å². The minimum atomic E-state index is -0.236. The van der Waals surface area contributed by atoms with E-state index in [1.54, 1.807) is 0 Å². The van der Waals surface area contributed by atoms with Gasteiger partial charge in [0.25, 0.3) is 0 Å². The molecule has 0 radical (unpaired) electrons. The second-order valence-corrected chi connectivity index (χ2v) is 4.80. The minimum Gasteiger partial charge on any atom is -0.464 e. The smallest absolute Gasteiger partial charge is 0.125 e. The summed E-state index contributed by atoms with van der Waals surface area (Å²) in [5.41, 5.74) is 9.46. The monoisotopic (exact) mass is 249 g/mol. The molecule has 2 nitrogen and oxygen atoms in total. The highest BCUT2D eigenvalue weighted by Crippen LogP contribution is 2.27. The normalized spacial score (nSPS) is 12.8. The Kier molecular flexibility index (Phi) is 3.27. The van der Waals surface area contributed by atoms with Gasteiger partial charge in [-0.25, -0.2) is 0 Å². The fourth-order valence-corrected chi connectivity index (χ4v) is 2.12. The summed E-state index contributed by atoms with van der Waals surface area (Å²) in [5.74, 6) is 1.72. The van der Waals surface area contributed by atoms with Gasteiger partial charge in [-0.1, -0.05) is 17.7 Å². The van der Waals surface area contributed by atoms with Crippen LogP contribution in [-0.4, -0.2) is 0 Å². The summed E-state index contributed by atoms with van der Waals surface area (Å²) in [6.45, 7) is 5.97. The number of aryl methyl sites for hydroxylation is 3. The molecule has 17 heavy (non-hydrogen) atoms. The Morgan fingerprint density at radius 2 is 1.82 bits per heavy atom. The fourth-order valence-electron chi connectivity index (χ4n) is 1.90. The molecular formula is C14H16ClNO. The van der Waals surface area contributed by atoms with Crippen LogP contribution in [0.2, 0.25) is 5.02 Å². The lowest BCUT2D eigenvalue weighted by Crippen LogP contribution is -2.12. The molecule has 2 rings (SSSR count). The second kappa shape index (κ2) is 4.55. The van der Waals surface area contributed by atoms with Crippen molar-refractivity contribution in [3.05, 3.63) is 57.5 Å². The molecule has 1 unspecified atom stereocenters. The molecule has 1 aromatic heterocycles. The summed E-state index contributed by atoms with van der Waals surface area (Å²) in [5, 5.41) is 0.727. The fraction of sp³-hybridized carbons (Fsp3) is 0.286. The van der Waals surface area contributed by atoms with Gasteiger partial charge < -0.3 is 10.2 Å². The number of hydrogen-bond donors (Lipinski definition) is 1. The molecule has 2 N–H and O–H groups in total. The highest BCUT2D eigenvalue weighted by atomic mass is 35.5. The number of benzene rings is 1. The lowest BCUT2D eigenvalue weighted by molar-refractivity contribution is 0.464. The molecule has 0 aliphatic carbocycles. The molecule has 3 heteroatoms. The molecule has 1 aromatic carbocycles. The lowest BCUT2D eigenvalue weighted by atomic mass is 10.00. The third-order valence-electron chi connectivity index (χ3n) is 3.06. The Balaban J connectivity index is 2.39. The molecule has 0 aliphatic rings. The third kappa shape index (κ3) is 2.38. The lowest BCUT2D eigenvalue weighted by Gasteiger charge is -2.12. The van der Waals surface area contributed by atoms with E-state index in [0.717, 1.165) is 33.2 Å². The van der Waals surface area contributed by atoms with Crippen LogP contribution >= 0.6 is 11.6 Å². The molecular weight excluding hydrogens is 234 g/mol. The van der Waals surface area contributed by atoms with Crippen LogP contribution in [0.1, 0.15) is 34.3 Å². The Bertz CT molecular complexity index is 526. The summed E-state index contributed by atoms with van der Waals surface area (Å²) in [7, 11) is 0. The first kappa shape index (κ1) is 12.2. The molecule has 0 bridgehead atoms. The van der Waals surface area contributed by atoms with Crippen LogP contribution in [0.15, 0.2) is 28.7 Å². The van der Waals surface area contributed by atoms with Crippen molar-refractivity contribution in [1.29, 1.82) is 0 Å². The maximum absolute atomic E-state index is 6.21. The zero-order valence-electron chi connectivity index (χ0n) is 10.3. The maximum atomic E-state index is 6.21. The zero-order valence-corrected chi connectivity index (χ0v) is 11.0. The van der Waals surface area contributed by atoms with Gasteiger partial charge in [0, 0.05) is 5.02 Å². The maximum Gasteiger partial charge on any atom is 0.125 e. The van der Waals surface area contributed by atoms with E-state index in [1.807, 2.05) is 45.0 Å².